The summed E-state index contributed by atoms with van der Waals surface area (Å²) >= 11 is 0. The number of esters is 1. The molecule has 5 nitrogen and oxygen atoms in total. The number of carbonyl (C=O) groups is 1. The van der Waals surface area contributed by atoms with Crippen LogP contribution in [-0.2, 0) is 4.74 Å². The van der Waals surface area contributed by atoms with E-state index >= 15 is 0 Å². The molecule has 0 radical (unpaired) electrons. The van der Waals surface area contributed by atoms with Crippen molar-refractivity contribution in [1.29, 1.82) is 0 Å². The molecule has 0 aromatic heterocycles. The van der Waals surface area contributed by atoms with E-state index in [1.165, 1.54) is 7.11 Å². The highest BCUT2D eigenvalue weighted by Gasteiger charge is 2.28. The lowest BCUT2D eigenvalue weighted by Gasteiger charge is -2.33. The number of hydrogen-bond acceptors (Lipinski definition) is 5. The molecular formula is C14H20N2O3. The number of anilines is 1. The summed E-state index contributed by atoms with van der Waals surface area (Å²) in [5.74, 6) is -0.357. The van der Waals surface area contributed by atoms with E-state index in [-0.39, 0.29) is 5.97 Å². The Morgan fingerprint density at radius 3 is 2.89 bits per heavy atom. The minimum Gasteiger partial charge on any atom is -0.465 e. The van der Waals surface area contributed by atoms with E-state index in [0.29, 0.717) is 12.1 Å². The van der Waals surface area contributed by atoms with Crippen LogP contribution in [0.1, 0.15) is 23.2 Å². The van der Waals surface area contributed by atoms with Gasteiger partial charge in [-0.15, -0.1) is 0 Å². The van der Waals surface area contributed by atoms with Crippen LogP contribution in [0.15, 0.2) is 24.3 Å². The molecule has 5 heteroatoms. The molecule has 0 amide bonds. The zero-order valence-electron chi connectivity index (χ0n) is 11.1. The van der Waals surface area contributed by atoms with Crippen LogP contribution in [-0.4, -0.2) is 43.4 Å². The van der Waals surface area contributed by atoms with Gasteiger partial charge in [-0.1, -0.05) is 6.07 Å². The summed E-state index contributed by atoms with van der Waals surface area (Å²) in [7, 11) is 1.36. The second-order valence-corrected chi connectivity index (χ2v) is 4.90. The number of rotatable bonds is 4. The van der Waals surface area contributed by atoms with E-state index in [4.69, 9.17) is 0 Å². The Hall–Kier alpha value is -1.59. The minimum atomic E-state index is -0.674. The molecule has 0 spiro atoms. The molecule has 104 valence electrons. The van der Waals surface area contributed by atoms with Crippen molar-refractivity contribution in [1.82, 2.24) is 5.32 Å². The molecule has 0 bridgehead atoms. The van der Waals surface area contributed by atoms with Crippen molar-refractivity contribution in [3.8, 4) is 0 Å². The molecule has 0 unspecified atom stereocenters. The van der Waals surface area contributed by atoms with Gasteiger partial charge in [0.1, 0.15) is 0 Å². The third-order valence-corrected chi connectivity index (χ3v) is 3.44. The van der Waals surface area contributed by atoms with Crippen LogP contribution >= 0.6 is 0 Å². The molecule has 2 rings (SSSR count). The van der Waals surface area contributed by atoms with Crippen LogP contribution in [0.2, 0.25) is 0 Å². The van der Waals surface area contributed by atoms with Gasteiger partial charge in [-0.2, -0.15) is 0 Å². The molecule has 0 saturated carbocycles. The number of methoxy groups -OCH3 is 1. The van der Waals surface area contributed by atoms with Crippen molar-refractivity contribution in [2.75, 3.05) is 32.1 Å². The Kier molecular flexibility index (Phi) is 4.39. The molecule has 1 aliphatic heterocycles. The zero-order chi connectivity index (χ0) is 13.7. The molecule has 1 aliphatic rings. The Labute approximate surface area is 113 Å². The van der Waals surface area contributed by atoms with Gasteiger partial charge in [0, 0.05) is 12.2 Å². The third-order valence-electron chi connectivity index (χ3n) is 3.44. The Morgan fingerprint density at radius 2 is 2.21 bits per heavy atom. The fourth-order valence-electron chi connectivity index (χ4n) is 2.21. The van der Waals surface area contributed by atoms with E-state index in [1.54, 1.807) is 18.2 Å². The molecule has 1 heterocycles. The lowest BCUT2D eigenvalue weighted by Crippen LogP contribution is -2.46. The first kappa shape index (κ1) is 13.8. The zero-order valence-corrected chi connectivity index (χ0v) is 11.1. The first-order valence-corrected chi connectivity index (χ1v) is 6.48. The summed E-state index contributed by atoms with van der Waals surface area (Å²) in [6.07, 6.45) is 1.47. The Morgan fingerprint density at radius 1 is 1.47 bits per heavy atom. The number of hydrogen-bond donors (Lipinski definition) is 3. The second-order valence-electron chi connectivity index (χ2n) is 4.90. The molecule has 1 aromatic carbocycles. The van der Waals surface area contributed by atoms with Crippen LogP contribution in [0.5, 0.6) is 0 Å². The number of aliphatic hydroxyl groups is 1. The van der Waals surface area contributed by atoms with Crippen LogP contribution < -0.4 is 10.6 Å². The van der Waals surface area contributed by atoms with Gasteiger partial charge in [0.05, 0.1) is 18.3 Å². The maximum Gasteiger partial charge on any atom is 0.337 e. The molecule has 1 fully saturated rings. The van der Waals surface area contributed by atoms with Crippen LogP contribution in [0.3, 0.4) is 0 Å². The van der Waals surface area contributed by atoms with Gasteiger partial charge < -0.3 is 20.5 Å². The number of nitrogens with one attached hydrogen (secondary N) is 2. The smallest absolute Gasteiger partial charge is 0.337 e. The van der Waals surface area contributed by atoms with Crippen LogP contribution in [0.25, 0.3) is 0 Å². The van der Waals surface area contributed by atoms with Crippen LogP contribution in [0, 0.1) is 0 Å². The first-order valence-electron chi connectivity index (χ1n) is 6.48. The van der Waals surface area contributed by atoms with E-state index < -0.39 is 5.60 Å². The summed E-state index contributed by atoms with van der Waals surface area (Å²) < 4.78 is 4.68. The largest absolute Gasteiger partial charge is 0.465 e. The van der Waals surface area contributed by atoms with Crippen LogP contribution in [0.4, 0.5) is 5.69 Å². The second kappa shape index (κ2) is 6.04. The predicted molar refractivity (Wildman–Crippen MR) is 73.3 cm³/mol. The Bertz CT molecular complexity index is 442. The van der Waals surface area contributed by atoms with Gasteiger partial charge >= 0.3 is 5.97 Å². The van der Waals surface area contributed by atoms with Gasteiger partial charge in [-0.05, 0) is 44.1 Å². The summed E-state index contributed by atoms with van der Waals surface area (Å²) in [6, 6.07) is 7.10. The van der Waals surface area contributed by atoms with Gasteiger partial charge in [0.2, 0.25) is 0 Å². The molecule has 0 aliphatic carbocycles. The maximum atomic E-state index is 11.4. The highest BCUT2D eigenvalue weighted by molar-refractivity contribution is 5.90. The van der Waals surface area contributed by atoms with Crippen molar-refractivity contribution >= 4 is 11.7 Å². The number of ether oxygens (including phenoxy) is 1. The standard InChI is InChI=1S/C14H20N2O3/c1-19-13(17)11-3-2-4-12(9-11)16-10-14(18)5-7-15-8-6-14/h2-4,9,15-16,18H,5-8,10H2,1H3. The van der Waals surface area contributed by atoms with E-state index in [1.807, 2.05) is 6.07 Å². The van der Waals surface area contributed by atoms with Crippen molar-refractivity contribution in [2.45, 2.75) is 18.4 Å². The fourth-order valence-corrected chi connectivity index (χ4v) is 2.21. The number of benzene rings is 1. The minimum absolute atomic E-state index is 0.357. The monoisotopic (exact) mass is 264 g/mol. The Balaban J connectivity index is 1.97. The number of carbonyl (C=O) groups excluding carboxylic acids is 1. The molecule has 0 atom stereocenters. The van der Waals surface area contributed by atoms with Gasteiger partial charge in [0.25, 0.3) is 0 Å². The normalized spacial score (nSPS) is 17.8. The lowest BCUT2D eigenvalue weighted by atomic mass is 9.92. The van der Waals surface area contributed by atoms with Crippen molar-refractivity contribution in [3.63, 3.8) is 0 Å². The topological polar surface area (TPSA) is 70.6 Å². The summed E-state index contributed by atoms with van der Waals surface area (Å²) in [5, 5.41) is 16.8. The SMILES string of the molecule is COC(=O)c1cccc(NCC2(O)CCNCC2)c1. The highest BCUT2D eigenvalue weighted by atomic mass is 16.5. The molecular weight excluding hydrogens is 244 g/mol. The van der Waals surface area contributed by atoms with Gasteiger partial charge in [-0.25, -0.2) is 4.79 Å². The third kappa shape index (κ3) is 3.68. The predicted octanol–water partition coefficient (Wildman–Crippen LogP) is 1.000. The van der Waals surface area contributed by atoms with Crippen molar-refractivity contribution in [2.24, 2.45) is 0 Å². The molecule has 1 saturated heterocycles. The quantitative estimate of drug-likeness (QED) is 0.708. The fraction of sp³-hybridized carbons (Fsp3) is 0.500. The average molecular weight is 264 g/mol. The molecule has 1 aromatic rings. The maximum absolute atomic E-state index is 11.4. The van der Waals surface area contributed by atoms with E-state index in [9.17, 15) is 9.90 Å². The summed E-state index contributed by atoms with van der Waals surface area (Å²) in [6.45, 7) is 2.15. The molecule has 3 N–H and O–H groups in total. The average Bonchev–Trinajstić information content (AvgIpc) is 2.45. The van der Waals surface area contributed by atoms with Crippen molar-refractivity contribution < 1.29 is 14.6 Å². The van der Waals surface area contributed by atoms with E-state index in [0.717, 1.165) is 31.6 Å². The molecule has 19 heavy (non-hydrogen) atoms. The lowest BCUT2D eigenvalue weighted by molar-refractivity contribution is 0.0232. The van der Waals surface area contributed by atoms with E-state index in [2.05, 4.69) is 15.4 Å². The summed E-state index contributed by atoms with van der Waals surface area (Å²) in [4.78, 5) is 11.4. The van der Waals surface area contributed by atoms with Gasteiger partial charge in [0.15, 0.2) is 0 Å². The highest BCUT2D eigenvalue weighted by Crippen LogP contribution is 2.19. The number of piperidine rings is 1. The first-order chi connectivity index (χ1) is 9.13. The summed E-state index contributed by atoms with van der Waals surface area (Å²) in [5.41, 5.74) is 0.645. The van der Waals surface area contributed by atoms with Gasteiger partial charge in [-0.3, -0.25) is 0 Å². The van der Waals surface area contributed by atoms with Crippen molar-refractivity contribution in [3.05, 3.63) is 29.8 Å².